The van der Waals surface area contributed by atoms with Crippen molar-refractivity contribution in [3.63, 3.8) is 0 Å². The van der Waals surface area contributed by atoms with Gasteiger partial charge in [0.1, 0.15) is 12.2 Å². The quantitative estimate of drug-likeness (QED) is 0.472. The van der Waals surface area contributed by atoms with Crippen LogP contribution >= 0.6 is 0 Å². The first-order chi connectivity index (χ1) is 8.49. The molecule has 0 aromatic carbocycles. The van der Waals surface area contributed by atoms with E-state index in [1.54, 1.807) is 13.8 Å². The minimum absolute atomic E-state index is 0.300. The van der Waals surface area contributed by atoms with Gasteiger partial charge < -0.3 is 18.9 Å². The maximum Gasteiger partial charge on any atom is 0.331 e. The van der Waals surface area contributed by atoms with Crippen LogP contribution in [0.15, 0.2) is 12.2 Å². The lowest BCUT2D eigenvalue weighted by Crippen LogP contribution is -2.20. The first-order valence-electron chi connectivity index (χ1n) is 5.56. The van der Waals surface area contributed by atoms with Crippen molar-refractivity contribution in [2.24, 2.45) is 0 Å². The van der Waals surface area contributed by atoms with Crippen molar-refractivity contribution in [2.75, 3.05) is 27.4 Å². The summed E-state index contributed by atoms with van der Waals surface area (Å²) in [5.41, 5.74) is 0. The number of esters is 2. The smallest absolute Gasteiger partial charge is 0.331 e. The molecule has 0 spiro atoms. The minimum atomic E-state index is -0.615. The molecule has 0 aliphatic rings. The van der Waals surface area contributed by atoms with Crippen molar-refractivity contribution in [1.82, 2.24) is 0 Å². The Morgan fingerprint density at radius 1 is 0.889 bits per heavy atom. The Bertz CT molecular complexity index is 258. The maximum atomic E-state index is 11.2. The van der Waals surface area contributed by atoms with Crippen LogP contribution in [0.2, 0.25) is 0 Å². The van der Waals surface area contributed by atoms with Gasteiger partial charge >= 0.3 is 11.9 Å². The van der Waals surface area contributed by atoms with Gasteiger partial charge in [-0.15, -0.1) is 0 Å². The molecule has 104 valence electrons. The molecule has 0 aromatic heterocycles. The van der Waals surface area contributed by atoms with Crippen molar-refractivity contribution in [2.45, 2.75) is 26.1 Å². The fourth-order valence-corrected chi connectivity index (χ4v) is 1.15. The number of carbonyl (C=O) groups excluding carboxylic acids is 2. The summed E-state index contributed by atoms with van der Waals surface area (Å²) in [6.07, 6.45) is 1.31. The van der Waals surface area contributed by atoms with Gasteiger partial charge in [0.2, 0.25) is 0 Å². The third kappa shape index (κ3) is 8.72. The number of hydrogen-bond donors (Lipinski definition) is 0. The van der Waals surface area contributed by atoms with E-state index in [0.717, 1.165) is 12.2 Å². The molecule has 6 heteroatoms. The van der Waals surface area contributed by atoms with Gasteiger partial charge in [-0.2, -0.15) is 0 Å². The van der Waals surface area contributed by atoms with Crippen LogP contribution < -0.4 is 0 Å². The molecule has 0 N–H and O–H groups in total. The van der Waals surface area contributed by atoms with Gasteiger partial charge in [0.05, 0.1) is 13.2 Å². The van der Waals surface area contributed by atoms with Gasteiger partial charge in [0.25, 0.3) is 0 Å². The number of ether oxygens (including phenoxy) is 4. The summed E-state index contributed by atoms with van der Waals surface area (Å²) < 4.78 is 19.4. The fourth-order valence-electron chi connectivity index (χ4n) is 1.15. The molecule has 0 bridgehead atoms. The zero-order valence-electron chi connectivity index (χ0n) is 11.2. The maximum absolute atomic E-state index is 11.2. The zero-order chi connectivity index (χ0) is 14.0. The van der Waals surface area contributed by atoms with Gasteiger partial charge in [-0.3, -0.25) is 0 Å². The van der Waals surface area contributed by atoms with Crippen LogP contribution in [0.25, 0.3) is 0 Å². The van der Waals surface area contributed by atoms with E-state index in [1.807, 2.05) is 0 Å². The second kappa shape index (κ2) is 9.61. The van der Waals surface area contributed by atoms with E-state index in [0.29, 0.717) is 13.2 Å². The number of hydrogen-bond acceptors (Lipinski definition) is 6. The summed E-state index contributed by atoms with van der Waals surface area (Å²) in [4.78, 5) is 22.5. The van der Waals surface area contributed by atoms with E-state index < -0.39 is 11.9 Å². The molecule has 0 heterocycles. The molecule has 0 aliphatic carbocycles. The third-order valence-corrected chi connectivity index (χ3v) is 1.79. The lowest BCUT2D eigenvalue weighted by atomic mass is 10.4. The molecular weight excluding hydrogens is 240 g/mol. The van der Waals surface area contributed by atoms with Gasteiger partial charge in [-0.1, -0.05) is 0 Å². The van der Waals surface area contributed by atoms with Crippen molar-refractivity contribution in [3.8, 4) is 0 Å². The van der Waals surface area contributed by atoms with E-state index in [2.05, 4.69) is 0 Å². The summed E-state index contributed by atoms with van der Waals surface area (Å²) in [5, 5.41) is 0. The van der Waals surface area contributed by atoms with Gasteiger partial charge in [0.15, 0.2) is 0 Å². The standard InChI is InChI=1S/C12H20O6/c1-9(7-15-3)17-11(13)5-6-12(14)18-10(2)8-16-4/h5-6,9-10H,7-8H2,1-4H3/b6-5+/t9-,10-/m0/s1. The Morgan fingerprint density at radius 2 is 1.22 bits per heavy atom. The second-order valence-corrected chi connectivity index (χ2v) is 3.74. The summed E-state index contributed by atoms with van der Waals surface area (Å²) in [5.74, 6) is -1.23. The van der Waals surface area contributed by atoms with Gasteiger partial charge in [-0.25, -0.2) is 9.59 Å². The predicted octanol–water partition coefficient (Wildman–Crippen LogP) is 0.699. The molecule has 0 aliphatic heterocycles. The summed E-state index contributed by atoms with van der Waals surface area (Å²) in [6.45, 7) is 3.98. The topological polar surface area (TPSA) is 71.1 Å². The monoisotopic (exact) mass is 260 g/mol. The third-order valence-electron chi connectivity index (χ3n) is 1.79. The molecule has 0 saturated carbocycles. The highest BCUT2D eigenvalue weighted by Gasteiger charge is 2.09. The highest BCUT2D eigenvalue weighted by molar-refractivity contribution is 5.91. The highest BCUT2D eigenvalue weighted by atomic mass is 16.6. The van der Waals surface area contributed by atoms with E-state index in [1.165, 1.54) is 14.2 Å². The molecule has 0 amide bonds. The number of carbonyl (C=O) groups is 2. The Balaban J connectivity index is 3.98. The Kier molecular flexibility index (Phi) is 8.86. The van der Waals surface area contributed by atoms with E-state index in [-0.39, 0.29) is 12.2 Å². The molecule has 0 aromatic rings. The molecule has 0 fully saturated rings. The van der Waals surface area contributed by atoms with Crippen molar-refractivity contribution >= 4 is 11.9 Å². The van der Waals surface area contributed by atoms with Crippen molar-refractivity contribution in [1.29, 1.82) is 0 Å². The number of rotatable bonds is 8. The molecule has 0 radical (unpaired) electrons. The average Bonchev–Trinajstić information content (AvgIpc) is 2.27. The molecule has 0 saturated heterocycles. The first-order valence-corrected chi connectivity index (χ1v) is 5.56. The van der Waals surface area contributed by atoms with Crippen LogP contribution in [0.4, 0.5) is 0 Å². The SMILES string of the molecule is COC[C@H](C)OC(=O)/C=C/C(=O)O[C@@H](C)COC. The van der Waals surface area contributed by atoms with Crippen LogP contribution in [-0.2, 0) is 28.5 Å². The predicted molar refractivity (Wildman–Crippen MR) is 64.0 cm³/mol. The van der Waals surface area contributed by atoms with Gasteiger partial charge in [0, 0.05) is 26.4 Å². The highest BCUT2D eigenvalue weighted by Crippen LogP contribution is 1.96. The normalized spacial score (nSPS) is 14.2. The Labute approximate surface area is 107 Å². The lowest BCUT2D eigenvalue weighted by molar-refractivity contribution is -0.147. The molecule has 2 atom stereocenters. The minimum Gasteiger partial charge on any atom is -0.457 e. The van der Waals surface area contributed by atoms with E-state index in [4.69, 9.17) is 18.9 Å². The number of methoxy groups -OCH3 is 2. The molecular formula is C12H20O6. The molecule has 6 nitrogen and oxygen atoms in total. The summed E-state index contributed by atoms with van der Waals surface area (Å²) in [7, 11) is 3.02. The van der Waals surface area contributed by atoms with Crippen molar-refractivity contribution in [3.05, 3.63) is 12.2 Å². The molecule has 18 heavy (non-hydrogen) atoms. The van der Waals surface area contributed by atoms with E-state index in [9.17, 15) is 9.59 Å². The largest absolute Gasteiger partial charge is 0.457 e. The second-order valence-electron chi connectivity index (χ2n) is 3.74. The van der Waals surface area contributed by atoms with Crippen LogP contribution in [0.5, 0.6) is 0 Å². The fraction of sp³-hybridized carbons (Fsp3) is 0.667. The Hall–Kier alpha value is -1.40. The summed E-state index contributed by atoms with van der Waals surface area (Å²) >= 11 is 0. The summed E-state index contributed by atoms with van der Waals surface area (Å²) in [6, 6.07) is 0. The van der Waals surface area contributed by atoms with Crippen LogP contribution in [0.1, 0.15) is 13.8 Å². The van der Waals surface area contributed by atoms with Crippen LogP contribution in [0.3, 0.4) is 0 Å². The van der Waals surface area contributed by atoms with E-state index >= 15 is 0 Å². The van der Waals surface area contributed by atoms with Gasteiger partial charge in [-0.05, 0) is 13.8 Å². The Morgan fingerprint density at radius 3 is 1.50 bits per heavy atom. The molecule has 0 unspecified atom stereocenters. The molecule has 0 rings (SSSR count). The van der Waals surface area contributed by atoms with Crippen LogP contribution in [0, 0.1) is 0 Å². The average molecular weight is 260 g/mol. The van der Waals surface area contributed by atoms with Crippen molar-refractivity contribution < 1.29 is 28.5 Å². The lowest BCUT2D eigenvalue weighted by Gasteiger charge is -2.11. The first kappa shape index (κ1) is 16.6. The van der Waals surface area contributed by atoms with Crippen LogP contribution in [-0.4, -0.2) is 51.6 Å². The zero-order valence-corrected chi connectivity index (χ0v) is 11.2.